The molecule has 3 N–H and O–H groups in total. The predicted molar refractivity (Wildman–Crippen MR) is 168 cm³/mol. The second-order valence-corrected chi connectivity index (χ2v) is 11.4. The number of thioether (sulfide) groups is 1. The molecule has 0 saturated carbocycles. The molecule has 0 amide bonds. The number of aliphatic imine (C=N–C) groups is 1. The van der Waals surface area contributed by atoms with Crippen LogP contribution in [-0.2, 0) is 13.1 Å². The largest absolute Gasteiger partial charge is 0.342 e. The molecule has 2 aliphatic heterocycles. The molecule has 4 aromatic carbocycles. The van der Waals surface area contributed by atoms with Gasteiger partial charge in [0.05, 0.1) is 10.6 Å². The number of fused-ring (bicyclic) bond motifs is 1. The fraction of sp³-hybridized carbons (Fsp3) is 0.147. The van der Waals surface area contributed by atoms with Crippen molar-refractivity contribution in [3.63, 3.8) is 0 Å². The van der Waals surface area contributed by atoms with Crippen LogP contribution in [0.3, 0.4) is 0 Å². The lowest BCUT2D eigenvalue weighted by molar-refractivity contribution is 0.415. The molecule has 0 aromatic heterocycles. The van der Waals surface area contributed by atoms with Crippen LogP contribution in [-0.4, -0.2) is 21.7 Å². The van der Waals surface area contributed by atoms with Crippen molar-refractivity contribution in [2.45, 2.75) is 33.9 Å². The van der Waals surface area contributed by atoms with Crippen LogP contribution in [0.1, 0.15) is 38.9 Å². The lowest BCUT2D eigenvalue weighted by Gasteiger charge is -2.24. The van der Waals surface area contributed by atoms with Crippen molar-refractivity contribution in [2.75, 3.05) is 0 Å². The molecule has 4 aromatic rings. The summed E-state index contributed by atoms with van der Waals surface area (Å²) in [5.41, 5.74) is 11.0. The molecule has 2 heterocycles. The first-order chi connectivity index (χ1) is 19.4. The molecule has 0 atom stereocenters. The van der Waals surface area contributed by atoms with Gasteiger partial charge in [-0.2, -0.15) is 0 Å². The van der Waals surface area contributed by atoms with Crippen molar-refractivity contribution >= 4 is 34.3 Å². The lowest BCUT2D eigenvalue weighted by atomic mass is 9.93. The number of nitrogens with zero attached hydrogens (tertiary/aromatic N) is 2. The Morgan fingerprint density at radius 1 is 0.700 bits per heavy atom. The fourth-order valence-electron chi connectivity index (χ4n) is 5.26. The van der Waals surface area contributed by atoms with E-state index in [-0.39, 0.29) is 5.84 Å². The quantitative estimate of drug-likeness (QED) is 0.243. The molecule has 0 spiro atoms. The molecule has 0 bridgehead atoms. The lowest BCUT2D eigenvalue weighted by Crippen LogP contribution is -2.27. The summed E-state index contributed by atoms with van der Waals surface area (Å²) in [7, 11) is 0. The normalized spacial score (nSPS) is 16.1. The summed E-state index contributed by atoms with van der Waals surface area (Å²) in [5, 5.41) is 21.6. The number of amidine groups is 3. The monoisotopic (exact) mass is 541 g/mol. The van der Waals surface area contributed by atoms with E-state index in [9.17, 15) is 0 Å². The van der Waals surface area contributed by atoms with Crippen LogP contribution in [0.25, 0.3) is 16.8 Å². The third kappa shape index (κ3) is 4.98. The maximum atomic E-state index is 8.86. The highest BCUT2D eigenvalue weighted by Gasteiger charge is 2.32. The van der Waals surface area contributed by atoms with Gasteiger partial charge in [0, 0.05) is 24.2 Å². The molecule has 40 heavy (non-hydrogen) atoms. The number of hydrogen-bond donors (Lipinski definition) is 3. The Labute approximate surface area is 239 Å². The summed E-state index contributed by atoms with van der Waals surface area (Å²) in [5.74, 6) is 0.579. The van der Waals surface area contributed by atoms with E-state index in [4.69, 9.17) is 15.8 Å². The molecule has 0 aliphatic carbocycles. The Hall–Kier alpha value is -4.42. The van der Waals surface area contributed by atoms with Crippen LogP contribution >= 0.6 is 11.8 Å². The van der Waals surface area contributed by atoms with Gasteiger partial charge >= 0.3 is 0 Å². The average molecular weight is 542 g/mol. The van der Waals surface area contributed by atoms with Crippen LogP contribution in [0.5, 0.6) is 0 Å². The number of rotatable bonds is 5. The van der Waals surface area contributed by atoms with Gasteiger partial charge in [-0.3, -0.25) is 10.8 Å². The number of benzene rings is 4. The van der Waals surface area contributed by atoms with Gasteiger partial charge in [0.1, 0.15) is 5.84 Å². The van der Waals surface area contributed by atoms with Crippen molar-refractivity contribution in [1.82, 2.24) is 10.2 Å². The highest BCUT2D eigenvalue weighted by atomic mass is 32.2. The van der Waals surface area contributed by atoms with Gasteiger partial charge in [0.2, 0.25) is 0 Å². The van der Waals surface area contributed by atoms with Crippen molar-refractivity contribution in [3.05, 3.63) is 135 Å². The minimum Gasteiger partial charge on any atom is -0.342 e. The third-order valence-corrected chi connectivity index (χ3v) is 8.64. The molecule has 0 unspecified atom stereocenters. The first kappa shape index (κ1) is 25.8. The molecule has 6 heteroatoms. The Balaban J connectivity index is 1.36. The molecule has 2 aliphatic rings. The van der Waals surface area contributed by atoms with Gasteiger partial charge in [-0.15, -0.1) is 0 Å². The summed E-state index contributed by atoms with van der Waals surface area (Å²) >= 11 is 1.51. The van der Waals surface area contributed by atoms with E-state index in [1.165, 1.54) is 45.1 Å². The van der Waals surface area contributed by atoms with E-state index in [0.29, 0.717) is 18.9 Å². The predicted octanol–water partition coefficient (Wildman–Crippen LogP) is 7.66. The minimum atomic E-state index is 0.224. The fourth-order valence-corrected chi connectivity index (χ4v) is 6.24. The molecule has 0 radical (unpaired) electrons. The number of hydrogen-bond acceptors (Lipinski definition) is 4. The third-order valence-electron chi connectivity index (χ3n) is 7.51. The topological polar surface area (TPSA) is 75.3 Å². The molecule has 0 fully saturated rings. The van der Waals surface area contributed by atoms with Gasteiger partial charge in [-0.1, -0.05) is 78.9 Å². The second kappa shape index (κ2) is 10.6. The van der Waals surface area contributed by atoms with Crippen LogP contribution in [0, 0.1) is 31.6 Å². The van der Waals surface area contributed by atoms with Crippen LogP contribution in [0.4, 0.5) is 0 Å². The highest BCUT2D eigenvalue weighted by Crippen LogP contribution is 2.40. The molecular weight excluding hydrogens is 510 g/mol. The zero-order valence-corrected chi connectivity index (χ0v) is 23.7. The smallest absolute Gasteiger partial charge is 0.171 e. The Kier molecular flexibility index (Phi) is 6.86. The molecular formula is C34H31N5S. The van der Waals surface area contributed by atoms with E-state index in [1.807, 2.05) is 18.2 Å². The number of aryl methyl sites for hydroxylation is 3. The van der Waals surface area contributed by atoms with Gasteiger partial charge in [0.15, 0.2) is 11.0 Å². The van der Waals surface area contributed by atoms with Crippen LogP contribution < -0.4 is 5.32 Å². The molecule has 5 nitrogen and oxygen atoms in total. The van der Waals surface area contributed by atoms with Crippen molar-refractivity contribution in [1.29, 1.82) is 10.8 Å². The summed E-state index contributed by atoms with van der Waals surface area (Å²) in [6.07, 6.45) is 0. The van der Waals surface area contributed by atoms with Crippen molar-refractivity contribution in [3.8, 4) is 11.1 Å². The second-order valence-electron chi connectivity index (χ2n) is 10.4. The standard InChI is InChI=1S/C34H31N5S/c1-21-16-23(3)28(17-22(21)2)26-14-15-27-29(18-26)30(37-32(27)35)31-33(36)38-34(40-31)39(19-24-10-6-4-7-11-24)20-25-12-8-5-9-13-25/h4-18,36H,19-20H2,1-3H3,(H2,35,37). The van der Waals surface area contributed by atoms with E-state index in [0.717, 1.165) is 32.5 Å². The van der Waals surface area contributed by atoms with E-state index >= 15 is 0 Å². The highest BCUT2D eigenvalue weighted by molar-refractivity contribution is 8.18. The Morgan fingerprint density at radius 3 is 1.98 bits per heavy atom. The summed E-state index contributed by atoms with van der Waals surface area (Å²) < 4.78 is 0. The van der Waals surface area contributed by atoms with Crippen molar-refractivity contribution in [2.24, 2.45) is 4.99 Å². The van der Waals surface area contributed by atoms with E-state index in [1.54, 1.807) is 0 Å². The van der Waals surface area contributed by atoms with Gasteiger partial charge < -0.3 is 10.2 Å². The average Bonchev–Trinajstić information content (AvgIpc) is 3.50. The van der Waals surface area contributed by atoms with Gasteiger partial charge in [-0.25, -0.2) is 4.99 Å². The Bertz CT molecular complexity index is 1660. The zero-order valence-electron chi connectivity index (χ0n) is 22.9. The summed E-state index contributed by atoms with van der Waals surface area (Å²) in [6.45, 7) is 7.80. The van der Waals surface area contributed by atoms with E-state index in [2.05, 4.69) is 104 Å². The maximum Gasteiger partial charge on any atom is 0.171 e. The van der Waals surface area contributed by atoms with Crippen LogP contribution in [0.2, 0.25) is 0 Å². The summed E-state index contributed by atoms with van der Waals surface area (Å²) in [6, 6.07) is 31.5. The zero-order chi connectivity index (χ0) is 27.8. The molecule has 6 rings (SSSR count). The van der Waals surface area contributed by atoms with Gasteiger partial charge in [0.25, 0.3) is 0 Å². The first-order valence-corrected chi connectivity index (χ1v) is 14.2. The molecule has 0 saturated heterocycles. The van der Waals surface area contributed by atoms with E-state index < -0.39 is 0 Å². The molecule has 198 valence electrons. The minimum absolute atomic E-state index is 0.224. The van der Waals surface area contributed by atoms with Gasteiger partial charge in [-0.05, 0) is 83.6 Å². The maximum absolute atomic E-state index is 8.86. The van der Waals surface area contributed by atoms with Crippen LogP contribution in [0.15, 0.2) is 101 Å². The summed E-state index contributed by atoms with van der Waals surface area (Å²) in [4.78, 5) is 7.72. The first-order valence-electron chi connectivity index (χ1n) is 13.4. The Morgan fingerprint density at radius 2 is 1.32 bits per heavy atom. The number of nitrogens with one attached hydrogen (secondary N) is 3. The van der Waals surface area contributed by atoms with Crippen molar-refractivity contribution < 1.29 is 0 Å². The SMILES string of the molecule is Cc1cc(C)c(-c2ccc3c(c2)C(=C2SC(N(Cc4ccccc4)Cc4ccccc4)=NC2=N)NC3=N)cc1C.